The third-order valence-electron chi connectivity index (χ3n) is 7.26. The number of nitrogens with two attached hydrogens (primary N) is 1. The van der Waals surface area contributed by atoms with Crippen LogP contribution in [0.15, 0.2) is 6.20 Å². The molecule has 1 aliphatic heterocycles. The minimum absolute atomic E-state index is 0.179. The maximum Gasteiger partial charge on any atom is 0.252 e. The molecule has 1 aromatic heterocycles. The Bertz CT molecular complexity index is 748. The molecule has 7 heteroatoms. The van der Waals surface area contributed by atoms with E-state index in [2.05, 4.69) is 16.9 Å². The van der Waals surface area contributed by atoms with Crippen LogP contribution in [0.1, 0.15) is 67.1 Å². The first kappa shape index (κ1) is 17.4. The molecule has 0 spiro atoms. The topological polar surface area (TPSA) is 102 Å². The van der Waals surface area contributed by atoms with Crippen molar-refractivity contribution in [2.75, 3.05) is 18.6 Å². The highest BCUT2D eigenvalue weighted by molar-refractivity contribution is 5.93. The van der Waals surface area contributed by atoms with E-state index in [1.165, 1.54) is 12.8 Å². The summed E-state index contributed by atoms with van der Waals surface area (Å²) >= 11 is 0. The first-order valence-electron chi connectivity index (χ1n) is 10.2. The van der Waals surface area contributed by atoms with Crippen molar-refractivity contribution in [1.82, 2.24) is 9.97 Å². The van der Waals surface area contributed by atoms with Crippen molar-refractivity contribution in [2.24, 2.45) is 23.5 Å². The molecule has 1 amide bonds. The number of carbonyl (C=O) groups excluding carboxylic acids is 1. The quantitative estimate of drug-likeness (QED) is 0.836. The third-order valence-corrected chi connectivity index (χ3v) is 7.26. The van der Waals surface area contributed by atoms with Crippen molar-refractivity contribution in [2.45, 2.75) is 62.7 Å². The summed E-state index contributed by atoms with van der Waals surface area (Å²) in [5.74, 6) is 1.76. The largest absolute Gasteiger partial charge is 0.390 e. The zero-order valence-electron chi connectivity index (χ0n) is 15.8. The van der Waals surface area contributed by atoms with E-state index < -0.39 is 11.5 Å². The van der Waals surface area contributed by atoms with Crippen LogP contribution in [0.25, 0.3) is 0 Å². The minimum Gasteiger partial charge on any atom is -0.390 e. The van der Waals surface area contributed by atoms with Crippen molar-refractivity contribution in [3.05, 3.63) is 17.5 Å². The Balaban J connectivity index is 1.46. The third kappa shape index (κ3) is 2.83. The molecule has 2 heterocycles. The lowest BCUT2D eigenvalue weighted by Gasteiger charge is -2.59. The number of nitrogens with zero attached hydrogens (tertiary/aromatic N) is 3. The predicted molar refractivity (Wildman–Crippen MR) is 99.2 cm³/mol. The summed E-state index contributed by atoms with van der Waals surface area (Å²) in [5, 5.41) is 10.8. The van der Waals surface area contributed by atoms with Crippen LogP contribution in [0.3, 0.4) is 0 Å². The number of hydrogen-bond donors (Lipinski definition) is 2. The minimum atomic E-state index is -0.508. The fraction of sp³-hybridized carbons (Fsp3) is 0.750. The molecule has 6 rings (SSSR count). The van der Waals surface area contributed by atoms with Gasteiger partial charge in [-0.3, -0.25) is 4.79 Å². The average Bonchev–Trinajstić information content (AvgIpc) is 3.13. The van der Waals surface area contributed by atoms with Crippen LogP contribution in [-0.2, 0) is 4.74 Å². The van der Waals surface area contributed by atoms with E-state index in [0.717, 1.165) is 32.1 Å². The summed E-state index contributed by atoms with van der Waals surface area (Å²) in [5.41, 5.74) is 6.08. The molecule has 27 heavy (non-hydrogen) atoms. The Morgan fingerprint density at radius 2 is 2.07 bits per heavy atom. The summed E-state index contributed by atoms with van der Waals surface area (Å²) in [6.07, 6.45) is 8.30. The molecule has 0 radical (unpaired) electrons. The van der Waals surface area contributed by atoms with E-state index in [9.17, 15) is 9.90 Å². The SMILES string of the molecule is CN(c1ncc(C(N)=O)c([C@@H]2CCCO2)n1)C1C2CC3CC1CC(O)(C3)C2. The first-order valence-corrected chi connectivity index (χ1v) is 10.2. The van der Waals surface area contributed by atoms with Gasteiger partial charge in [-0.1, -0.05) is 0 Å². The highest BCUT2D eigenvalue weighted by Crippen LogP contribution is 2.57. The van der Waals surface area contributed by atoms with E-state index in [1.54, 1.807) is 6.20 Å². The van der Waals surface area contributed by atoms with Gasteiger partial charge in [0, 0.05) is 25.9 Å². The molecule has 146 valence electrons. The Morgan fingerprint density at radius 1 is 1.33 bits per heavy atom. The number of amides is 1. The van der Waals surface area contributed by atoms with Crippen LogP contribution in [0.2, 0.25) is 0 Å². The number of ether oxygens (including phenoxy) is 1. The van der Waals surface area contributed by atoms with Gasteiger partial charge < -0.3 is 20.5 Å². The molecule has 1 aromatic rings. The zero-order chi connectivity index (χ0) is 18.8. The summed E-state index contributed by atoms with van der Waals surface area (Å²) in [6, 6.07) is 0.346. The van der Waals surface area contributed by atoms with Crippen molar-refractivity contribution < 1.29 is 14.6 Å². The number of aromatic nitrogens is 2. The Kier molecular flexibility index (Phi) is 3.95. The maximum absolute atomic E-state index is 11.8. The molecule has 1 saturated heterocycles. The summed E-state index contributed by atoms with van der Waals surface area (Å²) < 4.78 is 5.77. The lowest BCUT2D eigenvalue weighted by molar-refractivity contribution is -0.133. The molecule has 2 unspecified atom stereocenters. The van der Waals surface area contributed by atoms with Crippen LogP contribution < -0.4 is 10.6 Å². The van der Waals surface area contributed by atoms with Gasteiger partial charge in [0.25, 0.3) is 5.91 Å². The van der Waals surface area contributed by atoms with Gasteiger partial charge >= 0.3 is 0 Å². The van der Waals surface area contributed by atoms with E-state index in [1.807, 2.05) is 0 Å². The Hall–Kier alpha value is -1.73. The van der Waals surface area contributed by atoms with Crippen molar-refractivity contribution in [1.29, 1.82) is 0 Å². The monoisotopic (exact) mass is 372 g/mol. The van der Waals surface area contributed by atoms with Crippen molar-refractivity contribution in [3.8, 4) is 0 Å². The van der Waals surface area contributed by atoms with Gasteiger partial charge in [0.2, 0.25) is 5.95 Å². The van der Waals surface area contributed by atoms with E-state index in [4.69, 9.17) is 15.5 Å². The van der Waals surface area contributed by atoms with E-state index >= 15 is 0 Å². The number of rotatable bonds is 4. The summed E-state index contributed by atoms with van der Waals surface area (Å²) in [7, 11) is 2.05. The van der Waals surface area contributed by atoms with Gasteiger partial charge in [0.1, 0.15) is 6.10 Å². The zero-order valence-corrected chi connectivity index (χ0v) is 15.8. The lowest BCUT2D eigenvalue weighted by atomic mass is 9.52. The van der Waals surface area contributed by atoms with Crippen molar-refractivity contribution in [3.63, 3.8) is 0 Å². The second-order valence-electron chi connectivity index (χ2n) is 9.13. The lowest BCUT2D eigenvalue weighted by Crippen LogP contribution is -2.61. The number of aliphatic hydroxyl groups is 1. The Labute approximate surface area is 159 Å². The van der Waals surface area contributed by atoms with Gasteiger partial charge in [0.15, 0.2) is 0 Å². The summed E-state index contributed by atoms with van der Waals surface area (Å²) in [4.78, 5) is 23.3. The second-order valence-corrected chi connectivity index (χ2v) is 9.13. The normalized spacial score (nSPS) is 39.7. The fourth-order valence-electron chi connectivity index (χ4n) is 6.50. The molecular formula is C20H28N4O3. The highest BCUT2D eigenvalue weighted by Gasteiger charge is 2.56. The first-order chi connectivity index (χ1) is 12.9. The number of hydrogen-bond acceptors (Lipinski definition) is 6. The van der Waals surface area contributed by atoms with E-state index in [0.29, 0.717) is 47.6 Å². The van der Waals surface area contributed by atoms with Crippen LogP contribution in [0.4, 0.5) is 5.95 Å². The van der Waals surface area contributed by atoms with E-state index in [-0.39, 0.29) is 6.10 Å². The average molecular weight is 372 g/mol. The number of carbonyl (C=O) groups is 1. The van der Waals surface area contributed by atoms with Gasteiger partial charge in [-0.15, -0.1) is 0 Å². The van der Waals surface area contributed by atoms with Gasteiger partial charge in [0.05, 0.1) is 16.9 Å². The van der Waals surface area contributed by atoms with Crippen LogP contribution in [0, 0.1) is 17.8 Å². The van der Waals surface area contributed by atoms with Crippen molar-refractivity contribution >= 4 is 11.9 Å². The number of primary amides is 1. The van der Waals surface area contributed by atoms with Gasteiger partial charge in [-0.2, -0.15) is 0 Å². The van der Waals surface area contributed by atoms with Crippen LogP contribution >= 0.6 is 0 Å². The van der Waals surface area contributed by atoms with Crippen LogP contribution in [0.5, 0.6) is 0 Å². The number of anilines is 1. The second kappa shape index (κ2) is 6.14. The standard InChI is InChI=1S/C20H28N4O3/c1-24(17-12-5-11-6-13(17)9-20(26,7-11)8-12)19-22-10-14(18(21)25)16(23-19)15-3-2-4-27-15/h10-13,15,17,26H,2-9H2,1H3,(H2,21,25)/t11?,12?,13?,15-,17?,20?/m0/s1. The molecular weight excluding hydrogens is 344 g/mol. The van der Waals surface area contributed by atoms with Gasteiger partial charge in [-0.05, 0) is 62.7 Å². The molecule has 0 aromatic carbocycles. The molecule has 7 nitrogen and oxygen atoms in total. The molecule has 5 aliphatic rings. The molecule has 4 aliphatic carbocycles. The van der Waals surface area contributed by atoms with Crippen LogP contribution in [-0.4, -0.2) is 46.3 Å². The molecule has 3 N–H and O–H groups in total. The summed E-state index contributed by atoms with van der Waals surface area (Å²) in [6.45, 7) is 0.685. The van der Waals surface area contributed by atoms with Gasteiger partial charge in [-0.25, -0.2) is 9.97 Å². The molecule has 4 bridgehead atoms. The molecule has 4 saturated carbocycles. The molecule has 5 fully saturated rings. The maximum atomic E-state index is 11.8. The Morgan fingerprint density at radius 3 is 2.67 bits per heavy atom. The smallest absolute Gasteiger partial charge is 0.252 e. The molecule has 3 atom stereocenters. The predicted octanol–water partition coefficient (Wildman–Crippen LogP) is 1.80. The highest BCUT2D eigenvalue weighted by atomic mass is 16.5. The fourth-order valence-corrected chi connectivity index (χ4v) is 6.50.